The second kappa shape index (κ2) is 4.92. The van der Waals surface area contributed by atoms with E-state index in [1.807, 2.05) is 16.7 Å². The molecule has 6 heteroatoms. The van der Waals surface area contributed by atoms with Gasteiger partial charge in [-0.05, 0) is 26.0 Å². The van der Waals surface area contributed by atoms with Crippen LogP contribution in [0.15, 0.2) is 12.1 Å². The lowest BCUT2D eigenvalue weighted by molar-refractivity contribution is 0.0698. The minimum absolute atomic E-state index is 0.0389. The maximum atomic E-state index is 13.4. The van der Waals surface area contributed by atoms with E-state index in [2.05, 4.69) is 13.8 Å². The Bertz CT molecular complexity index is 520. The molecule has 104 valence electrons. The number of anilines is 2. The van der Waals surface area contributed by atoms with Gasteiger partial charge in [-0.2, -0.15) is 11.8 Å². The maximum absolute atomic E-state index is 13.4. The van der Waals surface area contributed by atoms with E-state index in [9.17, 15) is 14.3 Å². The lowest BCUT2D eigenvalue weighted by atomic mass is 10.1. The zero-order valence-corrected chi connectivity index (χ0v) is 11.8. The van der Waals surface area contributed by atoms with Crippen LogP contribution in [0.25, 0.3) is 0 Å². The highest BCUT2D eigenvalue weighted by atomic mass is 32.2. The van der Waals surface area contributed by atoms with Gasteiger partial charge in [0, 0.05) is 23.6 Å². The summed E-state index contributed by atoms with van der Waals surface area (Å²) >= 11 is 1.85. The molecule has 0 unspecified atom stereocenters. The first kappa shape index (κ1) is 14.0. The molecule has 0 saturated carbocycles. The molecule has 3 N–H and O–H groups in total. The third-order valence-corrected chi connectivity index (χ3v) is 4.45. The van der Waals surface area contributed by atoms with Gasteiger partial charge in [-0.25, -0.2) is 9.18 Å². The number of nitrogens with zero attached hydrogens (tertiary/aromatic N) is 1. The van der Waals surface area contributed by atoms with E-state index >= 15 is 0 Å². The van der Waals surface area contributed by atoms with Crippen LogP contribution in [0.2, 0.25) is 0 Å². The van der Waals surface area contributed by atoms with Crippen molar-refractivity contribution in [2.45, 2.75) is 18.6 Å². The minimum Gasteiger partial charge on any atom is -0.478 e. The second-order valence-corrected chi connectivity index (χ2v) is 6.99. The molecule has 1 aromatic carbocycles. The number of aromatic carboxylic acids is 1. The lowest BCUT2D eigenvalue weighted by Gasteiger charge is -2.39. The summed E-state index contributed by atoms with van der Waals surface area (Å²) in [6.07, 6.45) is 0. The van der Waals surface area contributed by atoms with Crippen molar-refractivity contribution in [1.82, 2.24) is 0 Å². The van der Waals surface area contributed by atoms with Gasteiger partial charge >= 0.3 is 5.97 Å². The number of hydrogen-bond acceptors (Lipinski definition) is 4. The van der Waals surface area contributed by atoms with E-state index in [-0.39, 0.29) is 16.0 Å². The number of carboxylic acid groups (broad SMARTS) is 1. The number of benzene rings is 1. The average Bonchev–Trinajstić information content (AvgIpc) is 2.30. The van der Waals surface area contributed by atoms with Crippen LogP contribution in [0.5, 0.6) is 0 Å². The Labute approximate surface area is 115 Å². The quantitative estimate of drug-likeness (QED) is 0.817. The second-order valence-electron chi connectivity index (χ2n) is 5.19. The van der Waals surface area contributed by atoms with Crippen molar-refractivity contribution < 1.29 is 14.3 Å². The van der Waals surface area contributed by atoms with E-state index < -0.39 is 11.8 Å². The first-order valence-corrected chi connectivity index (χ1v) is 7.00. The average molecular weight is 284 g/mol. The van der Waals surface area contributed by atoms with Gasteiger partial charge in [0.05, 0.1) is 11.4 Å². The SMILES string of the molecule is CC1(C)CN(c2ccc(F)c(N)c2C(=O)O)CCS1. The van der Waals surface area contributed by atoms with Crippen LogP contribution in [0.3, 0.4) is 0 Å². The van der Waals surface area contributed by atoms with Crippen molar-refractivity contribution in [2.75, 3.05) is 29.5 Å². The molecule has 0 spiro atoms. The van der Waals surface area contributed by atoms with E-state index in [4.69, 9.17) is 5.73 Å². The predicted molar refractivity (Wildman–Crippen MR) is 76.5 cm³/mol. The smallest absolute Gasteiger partial charge is 0.340 e. The van der Waals surface area contributed by atoms with Crippen LogP contribution in [-0.4, -0.2) is 34.7 Å². The molecule has 0 aromatic heterocycles. The van der Waals surface area contributed by atoms with Crippen LogP contribution < -0.4 is 10.6 Å². The van der Waals surface area contributed by atoms with Crippen molar-refractivity contribution in [3.63, 3.8) is 0 Å². The van der Waals surface area contributed by atoms with Gasteiger partial charge in [0.25, 0.3) is 0 Å². The molecule has 1 aliphatic rings. The van der Waals surface area contributed by atoms with Crippen molar-refractivity contribution >= 4 is 29.1 Å². The molecule has 0 atom stereocenters. The molecule has 2 rings (SSSR count). The fraction of sp³-hybridized carbons (Fsp3) is 0.462. The molecule has 1 heterocycles. The van der Waals surface area contributed by atoms with Gasteiger partial charge in [-0.1, -0.05) is 0 Å². The Kier molecular flexibility index (Phi) is 3.62. The number of halogens is 1. The van der Waals surface area contributed by atoms with Crippen LogP contribution in [0.1, 0.15) is 24.2 Å². The minimum atomic E-state index is -1.19. The maximum Gasteiger partial charge on any atom is 0.340 e. The third-order valence-electron chi connectivity index (χ3n) is 3.15. The summed E-state index contributed by atoms with van der Waals surface area (Å²) in [5, 5.41) is 9.25. The Morgan fingerprint density at radius 3 is 2.79 bits per heavy atom. The molecule has 1 aromatic rings. The Morgan fingerprint density at radius 1 is 1.53 bits per heavy atom. The summed E-state index contributed by atoms with van der Waals surface area (Å²) in [5.74, 6) is -0.974. The highest BCUT2D eigenvalue weighted by molar-refractivity contribution is 8.00. The summed E-state index contributed by atoms with van der Waals surface area (Å²) in [5.41, 5.74) is 5.64. The Morgan fingerprint density at radius 2 is 2.21 bits per heavy atom. The summed E-state index contributed by atoms with van der Waals surface area (Å²) < 4.78 is 13.5. The van der Waals surface area contributed by atoms with Gasteiger partial charge < -0.3 is 15.7 Å². The molecule has 0 amide bonds. The molecule has 4 nitrogen and oxygen atoms in total. The standard InChI is InChI=1S/C13H17FN2O2S/c1-13(2)7-16(5-6-19-13)9-4-3-8(14)11(15)10(9)12(17)18/h3-4H,5-7,15H2,1-2H3,(H,17,18). The van der Waals surface area contributed by atoms with Crippen LogP contribution in [0, 0.1) is 5.82 Å². The molecule has 0 aliphatic carbocycles. The molecular formula is C13H17FN2O2S. The zero-order chi connectivity index (χ0) is 14.2. The van der Waals surface area contributed by atoms with E-state index in [0.29, 0.717) is 12.2 Å². The number of carbonyl (C=O) groups is 1. The van der Waals surface area contributed by atoms with Crippen molar-refractivity contribution in [2.24, 2.45) is 0 Å². The van der Waals surface area contributed by atoms with E-state index in [0.717, 1.165) is 12.3 Å². The number of nitrogens with two attached hydrogens (primary N) is 1. The van der Waals surface area contributed by atoms with Gasteiger partial charge in [0.2, 0.25) is 0 Å². The van der Waals surface area contributed by atoms with Crippen molar-refractivity contribution in [3.05, 3.63) is 23.5 Å². The van der Waals surface area contributed by atoms with E-state index in [1.54, 1.807) is 0 Å². The number of thioether (sulfide) groups is 1. The molecule has 1 saturated heterocycles. The third kappa shape index (κ3) is 2.78. The summed E-state index contributed by atoms with van der Waals surface area (Å²) in [6, 6.07) is 2.73. The van der Waals surface area contributed by atoms with Crippen LogP contribution >= 0.6 is 11.8 Å². The first-order valence-electron chi connectivity index (χ1n) is 6.02. The monoisotopic (exact) mass is 284 g/mol. The number of rotatable bonds is 2. The summed E-state index contributed by atoms with van der Waals surface area (Å²) in [4.78, 5) is 13.3. The summed E-state index contributed by atoms with van der Waals surface area (Å²) in [6.45, 7) is 5.66. The number of carboxylic acids is 1. The highest BCUT2D eigenvalue weighted by Gasteiger charge is 2.30. The predicted octanol–water partition coefficient (Wildman–Crippen LogP) is 2.44. The molecular weight excluding hydrogens is 267 g/mol. The highest BCUT2D eigenvalue weighted by Crippen LogP contribution is 2.35. The van der Waals surface area contributed by atoms with Gasteiger partial charge in [-0.15, -0.1) is 0 Å². The van der Waals surface area contributed by atoms with Gasteiger partial charge in [0.15, 0.2) is 0 Å². The molecule has 1 aliphatic heterocycles. The van der Waals surface area contributed by atoms with Gasteiger partial charge in [0.1, 0.15) is 11.4 Å². The number of nitrogen functional groups attached to an aromatic ring is 1. The molecule has 1 fully saturated rings. The molecule has 19 heavy (non-hydrogen) atoms. The lowest BCUT2D eigenvalue weighted by Crippen LogP contribution is -2.43. The normalized spacial score (nSPS) is 18.4. The van der Waals surface area contributed by atoms with Crippen molar-refractivity contribution in [3.8, 4) is 0 Å². The van der Waals surface area contributed by atoms with Crippen LogP contribution in [-0.2, 0) is 0 Å². The molecule has 0 bridgehead atoms. The summed E-state index contributed by atoms with van der Waals surface area (Å²) in [7, 11) is 0. The van der Waals surface area contributed by atoms with Crippen LogP contribution in [0.4, 0.5) is 15.8 Å². The topological polar surface area (TPSA) is 66.6 Å². The first-order chi connectivity index (χ1) is 8.82. The largest absolute Gasteiger partial charge is 0.478 e. The Balaban J connectivity index is 2.45. The Hall–Kier alpha value is -1.43. The zero-order valence-electron chi connectivity index (χ0n) is 10.9. The fourth-order valence-electron chi connectivity index (χ4n) is 2.29. The van der Waals surface area contributed by atoms with Crippen molar-refractivity contribution in [1.29, 1.82) is 0 Å². The van der Waals surface area contributed by atoms with Gasteiger partial charge in [-0.3, -0.25) is 0 Å². The number of hydrogen-bond donors (Lipinski definition) is 2. The molecule has 0 radical (unpaired) electrons. The fourth-order valence-corrected chi connectivity index (χ4v) is 3.40. The van der Waals surface area contributed by atoms with E-state index in [1.165, 1.54) is 12.1 Å².